The fourth-order valence-electron chi connectivity index (χ4n) is 4.71. The number of benzene rings is 1. The van der Waals surface area contributed by atoms with Crippen LogP contribution >= 0.6 is 11.6 Å². The van der Waals surface area contributed by atoms with E-state index in [2.05, 4.69) is 26.7 Å². The molecule has 0 spiro atoms. The zero-order valence-electron chi connectivity index (χ0n) is 18.7. The second kappa shape index (κ2) is 9.91. The standard InChI is InChI=1S/C26H26ClN3O4/c27-19-5-6-22(26(31)32)24(15-19)34-14-12-29-10-7-18(8-11-29)23-17-30(16-20-3-2-13-33-20)25-21(23)4-1-9-28-25/h1-6,9,13,15,17-18H,7-8,10-12,14,16H2,(H,31,32). The fourth-order valence-corrected chi connectivity index (χ4v) is 4.87. The molecular weight excluding hydrogens is 454 g/mol. The van der Waals surface area contributed by atoms with Crippen LogP contribution in [0.15, 0.2) is 65.5 Å². The molecule has 0 bridgehead atoms. The molecule has 0 unspecified atom stereocenters. The molecule has 34 heavy (non-hydrogen) atoms. The van der Waals surface area contributed by atoms with Crippen molar-refractivity contribution >= 4 is 28.6 Å². The number of aromatic nitrogens is 2. The SMILES string of the molecule is O=C(O)c1ccc(Cl)cc1OCCN1CCC(c2cn(Cc3ccco3)c3ncccc23)CC1. The number of nitrogens with zero attached hydrogens (tertiary/aromatic N) is 3. The van der Waals surface area contributed by atoms with Gasteiger partial charge in [-0.05, 0) is 79.9 Å². The maximum Gasteiger partial charge on any atom is 0.339 e. The van der Waals surface area contributed by atoms with Crippen molar-refractivity contribution in [3.63, 3.8) is 0 Å². The van der Waals surface area contributed by atoms with E-state index in [4.69, 9.17) is 20.8 Å². The molecule has 4 heterocycles. The number of aromatic carboxylic acids is 1. The minimum atomic E-state index is -1.02. The predicted molar refractivity (Wildman–Crippen MR) is 130 cm³/mol. The monoisotopic (exact) mass is 479 g/mol. The van der Waals surface area contributed by atoms with Crippen LogP contribution in [0.5, 0.6) is 5.75 Å². The van der Waals surface area contributed by atoms with Gasteiger partial charge in [-0.25, -0.2) is 9.78 Å². The molecule has 1 aromatic carbocycles. The van der Waals surface area contributed by atoms with Crippen LogP contribution in [0.3, 0.4) is 0 Å². The number of pyridine rings is 1. The predicted octanol–water partition coefficient (Wildman–Crippen LogP) is 5.29. The molecule has 0 amide bonds. The van der Waals surface area contributed by atoms with Crippen molar-refractivity contribution in [2.45, 2.75) is 25.3 Å². The first kappa shape index (κ1) is 22.5. The number of halogens is 1. The van der Waals surface area contributed by atoms with Crippen LogP contribution in [-0.4, -0.2) is 51.8 Å². The summed E-state index contributed by atoms with van der Waals surface area (Å²) >= 11 is 6.01. The minimum absolute atomic E-state index is 0.127. The smallest absolute Gasteiger partial charge is 0.339 e. The number of carbonyl (C=O) groups is 1. The highest BCUT2D eigenvalue weighted by Gasteiger charge is 2.24. The Labute approximate surface area is 202 Å². The molecule has 0 saturated carbocycles. The molecule has 1 aliphatic heterocycles. The Morgan fingerprint density at radius 1 is 1.21 bits per heavy atom. The summed E-state index contributed by atoms with van der Waals surface area (Å²) in [4.78, 5) is 18.4. The molecule has 4 aromatic rings. The second-order valence-corrected chi connectivity index (χ2v) is 9.01. The summed E-state index contributed by atoms with van der Waals surface area (Å²) in [6.07, 6.45) is 7.86. The number of hydrogen-bond donors (Lipinski definition) is 1. The molecule has 3 aromatic heterocycles. The number of hydrogen-bond acceptors (Lipinski definition) is 5. The van der Waals surface area contributed by atoms with E-state index in [1.165, 1.54) is 17.0 Å². The lowest BCUT2D eigenvalue weighted by molar-refractivity contribution is 0.0691. The van der Waals surface area contributed by atoms with Crippen LogP contribution in [-0.2, 0) is 6.54 Å². The second-order valence-electron chi connectivity index (χ2n) is 8.58. The van der Waals surface area contributed by atoms with E-state index in [1.54, 1.807) is 18.4 Å². The maximum atomic E-state index is 11.4. The summed E-state index contributed by atoms with van der Waals surface area (Å²) in [5, 5.41) is 11.0. The average Bonchev–Trinajstić information content (AvgIpc) is 3.48. The van der Waals surface area contributed by atoms with E-state index < -0.39 is 5.97 Å². The van der Waals surface area contributed by atoms with Gasteiger partial charge in [-0.15, -0.1) is 0 Å². The van der Waals surface area contributed by atoms with E-state index in [1.807, 2.05) is 24.4 Å². The van der Waals surface area contributed by atoms with E-state index in [9.17, 15) is 9.90 Å². The van der Waals surface area contributed by atoms with Gasteiger partial charge in [0.25, 0.3) is 0 Å². The van der Waals surface area contributed by atoms with Crippen molar-refractivity contribution in [2.75, 3.05) is 26.2 Å². The Kier molecular flexibility index (Phi) is 6.56. The topological polar surface area (TPSA) is 80.7 Å². The zero-order chi connectivity index (χ0) is 23.5. The Hall–Kier alpha value is -3.29. The number of furan rings is 1. The molecule has 0 aliphatic carbocycles. The number of carboxylic acids is 1. The Morgan fingerprint density at radius 2 is 2.06 bits per heavy atom. The van der Waals surface area contributed by atoms with Crippen LogP contribution in [0.25, 0.3) is 11.0 Å². The molecule has 1 N–H and O–H groups in total. The van der Waals surface area contributed by atoms with E-state index in [0.29, 0.717) is 29.8 Å². The summed E-state index contributed by atoms with van der Waals surface area (Å²) < 4.78 is 13.5. The third kappa shape index (κ3) is 4.81. The Morgan fingerprint density at radius 3 is 2.82 bits per heavy atom. The van der Waals surface area contributed by atoms with Crippen LogP contribution < -0.4 is 4.74 Å². The van der Waals surface area contributed by atoms with Crippen LogP contribution in [0.2, 0.25) is 5.02 Å². The summed E-state index contributed by atoms with van der Waals surface area (Å²) in [5.74, 6) is 0.669. The first-order chi connectivity index (χ1) is 16.6. The van der Waals surface area contributed by atoms with Crippen molar-refractivity contribution in [1.82, 2.24) is 14.5 Å². The van der Waals surface area contributed by atoms with Crippen molar-refractivity contribution in [1.29, 1.82) is 0 Å². The normalized spacial score (nSPS) is 15.1. The highest BCUT2D eigenvalue weighted by Crippen LogP contribution is 2.34. The largest absolute Gasteiger partial charge is 0.491 e. The molecule has 0 atom stereocenters. The molecule has 8 heteroatoms. The van der Waals surface area contributed by atoms with Crippen LogP contribution in [0.1, 0.15) is 40.4 Å². The Balaban J connectivity index is 1.21. The number of rotatable bonds is 8. The molecule has 1 fully saturated rings. The first-order valence-corrected chi connectivity index (χ1v) is 11.8. The van der Waals surface area contributed by atoms with Crippen molar-refractivity contribution < 1.29 is 19.1 Å². The van der Waals surface area contributed by atoms with Gasteiger partial charge in [-0.1, -0.05) is 11.6 Å². The summed E-state index contributed by atoms with van der Waals surface area (Å²) in [7, 11) is 0. The van der Waals surface area contributed by atoms with Crippen LogP contribution in [0.4, 0.5) is 0 Å². The molecule has 5 rings (SSSR count). The van der Waals surface area contributed by atoms with Gasteiger partial charge < -0.3 is 18.8 Å². The third-order valence-electron chi connectivity index (χ3n) is 6.44. The van der Waals surface area contributed by atoms with E-state index in [-0.39, 0.29) is 5.56 Å². The molecule has 1 saturated heterocycles. The van der Waals surface area contributed by atoms with Gasteiger partial charge in [-0.3, -0.25) is 4.90 Å². The average molecular weight is 480 g/mol. The molecule has 7 nitrogen and oxygen atoms in total. The third-order valence-corrected chi connectivity index (χ3v) is 6.67. The van der Waals surface area contributed by atoms with Gasteiger partial charge in [0.1, 0.15) is 29.3 Å². The van der Waals surface area contributed by atoms with E-state index >= 15 is 0 Å². The number of fused-ring (bicyclic) bond motifs is 1. The Bertz CT molecular complexity index is 1280. The van der Waals surface area contributed by atoms with Gasteiger partial charge in [0.2, 0.25) is 0 Å². The lowest BCUT2D eigenvalue weighted by Gasteiger charge is -2.31. The van der Waals surface area contributed by atoms with Gasteiger partial charge in [0.05, 0.1) is 12.8 Å². The molecule has 1 aliphatic rings. The number of carboxylic acid groups (broad SMARTS) is 1. The molecule has 0 radical (unpaired) electrons. The van der Waals surface area contributed by atoms with E-state index in [0.717, 1.165) is 43.9 Å². The van der Waals surface area contributed by atoms with Gasteiger partial charge in [0.15, 0.2) is 0 Å². The molecular formula is C26H26ClN3O4. The van der Waals surface area contributed by atoms with Gasteiger partial charge in [0, 0.05) is 29.3 Å². The highest BCUT2D eigenvalue weighted by atomic mass is 35.5. The van der Waals surface area contributed by atoms with Crippen molar-refractivity contribution in [3.05, 3.63) is 83.0 Å². The lowest BCUT2D eigenvalue weighted by Crippen LogP contribution is -2.35. The van der Waals surface area contributed by atoms with Crippen molar-refractivity contribution in [2.24, 2.45) is 0 Å². The van der Waals surface area contributed by atoms with Gasteiger partial charge >= 0.3 is 5.97 Å². The highest BCUT2D eigenvalue weighted by molar-refractivity contribution is 6.30. The summed E-state index contributed by atoms with van der Waals surface area (Å²) in [6.45, 7) is 3.73. The summed E-state index contributed by atoms with van der Waals surface area (Å²) in [6, 6.07) is 12.6. The minimum Gasteiger partial charge on any atom is -0.491 e. The number of ether oxygens (including phenoxy) is 1. The number of piperidine rings is 1. The molecule has 176 valence electrons. The maximum absolute atomic E-state index is 11.4. The lowest BCUT2D eigenvalue weighted by atomic mass is 9.89. The summed E-state index contributed by atoms with van der Waals surface area (Å²) in [5.41, 5.74) is 2.46. The first-order valence-electron chi connectivity index (χ1n) is 11.4. The van der Waals surface area contributed by atoms with Gasteiger partial charge in [-0.2, -0.15) is 0 Å². The zero-order valence-corrected chi connectivity index (χ0v) is 19.4. The quantitative estimate of drug-likeness (QED) is 0.370. The van der Waals surface area contributed by atoms with Crippen LogP contribution in [0, 0.1) is 0 Å². The van der Waals surface area contributed by atoms with Crippen molar-refractivity contribution in [3.8, 4) is 5.75 Å². The number of likely N-dealkylation sites (tertiary alicyclic amines) is 1. The fraction of sp³-hybridized carbons (Fsp3) is 0.308.